The van der Waals surface area contributed by atoms with E-state index in [4.69, 9.17) is 22.4 Å². The normalized spacial score (nSPS) is 10.1. The van der Waals surface area contributed by atoms with Crippen LogP contribution in [0.5, 0.6) is 0 Å². The minimum atomic E-state index is -1.09. The summed E-state index contributed by atoms with van der Waals surface area (Å²) in [7, 11) is 0. The molecule has 70 valence electrons. The van der Waals surface area contributed by atoms with Crippen molar-refractivity contribution >= 4 is 23.3 Å². The van der Waals surface area contributed by atoms with Gasteiger partial charge >= 0.3 is 5.97 Å². The Bertz CT molecular complexity index is 374. The van der Waals surface area contributed by atoms with Gasteiger partial charge in [0.05, 0.1) is 5.02 Å². The molecule has 0 aromatic heterocycles. The Morgan fingerprint density at radius 1 is 1.54 bits per heavy atom. The van der Waals surface area contributed by atoms with Crippen LogP contribution in [0.25, 0.3) is 0 Å². The fourth-order valence-corrected chi connectivity index (χ4v) is 1.46. The Morgan fingerprint density at radius 2 is 2.08 bits per heavy atom. The molecule has 0 aliphatic carbocycles. The van der Waals surface area contributed by atoms with Crippen molar-refractivity contribution in [1.29, 1.82) is 0 Å². The van der Waals surface area contributed by atoms with E-state index in [1.165, 1.54) is 0 Å². The van der Waals surface area contributed by atoms with Gasteiger partial charge in [0, 0.05) is 5.69 Å². The van der Waals surface area contributed by atoms with Gasteiger partial charge in [0.2, 0.25) is 0 Å². The first-order valence-corrected chi connectivity index (χ1v) is 4.11. The molecular formula is C9H10ClNO2. The quantitative estimate of drug-likeness (QED) is 0.682. The summed E-state index contributed by atoms with van der Waals surface area (Å²) in [5.41, 5.74) is 7.38. The highest BCUT2D eigenvalue weighted by molar-refractivity contribution is 6.35. The van der Waals surface area contributed by atoms with Crippen LogP contribution in [-0.2, 0) is 0 Å². The van der Waals surface area contributed by atoms with Crippen LogP contribution in [0.3, 0.4) is 0 Å². The van der Waals surface area contributed by atoms with Crippen LogP contribution in [0.1, 0.15) is 21.5 Å². The second-order valence-electron chi connectivity index (χ2n) is 2.90. The lowest BCUT2D eigenvalue weighted by Gasteiger charge is -2.08. The van der Waals surface area contributed by atoms with Crippen molar-refractivity contribution in [3.05, 3.63) is 27.8 Å². The lowest BCUT2D eigenvalue weighted by molar-refractivity contribution is 0.0698. The smallest absolute Gasteiger partial charge is 0.339 e. The van der Waals surface area contributed by atoms with E-state index in [1.54, 1.807) is 13.0 Å². The summed E-state index contributed by atoms with van der Waals surface area (Å²) in [5, 5.41) is 9.02. The van der Waals surface area contributed by atoms with Gasteiger partial charge in [-0.05, 0) is 31.0 Å². The Kier molecular flexibility index (Phi) is 2.48. The third-order valence-electron chi connectivity index (χ3n) is 2.01. The fourth-order valence-electron chi connectivity index (χ4n) is 1.12. The molecule has 0 aliphatic rings. The maximum Gasteiger partial charge on any atom is 0.339 e. The molecule has 0 radical (unpaired) electrons. The molecule has 0 spiro atoms. The summed E-state index contributed by atoms with van der Waals surface area (Å²) in [6.07, 6.45) is 0. The monoisotopic (exact) mass is 199 g/mol. The molecule has 1 aromatic carbocycles. The maximum absolute atomic E-state index is 10.7. The summed E-state index contributed by atoms with van der Waals surface area (Å²) in [4.78, 5) is 10.7. The van der Waals surface area contributed by atoms with Crippen LogP contribution in [0, 0.1) is 13.8 Å². The fraction of sp³-hybridized carbons (Fsp3) is 0.222. The van der Waals surface area contributed by atoms with Gasteiger partial charge < -0.3 is 10.8 Å². The molecule has 13 heavy (non-hydrogen) atoms. The van der Waals surface area contributed by atoms with Gasteiger partial charge in [0.25, 0.3) is 0 Å². The first-order chi connectivity index (χ1) is 5.95. The van der Waals surface area contributed by atoms with Crippen molar-refractivity contribution in [3.63, 3.8) is 0 Å². The Morgan fingerprint density at radius 3 is 2.54 bits per heavy atom. The minimum absolute atomic E-state index is 0.00948. The van der Waals surface area contributed by atoms with E-state index in [9.17, 15) is 4.79 Å². The van der Waals surface area contributed by atoms with E-state index < -0.39 is 5.97 Å². The number of carboxylic acids is 1. The number of anilines is 1. The van der Waals surface area contributed by atoms with Crippen LogP contribution >= 0.6 is 11.6 Å². The van der Waals surface area contributed by atoms with Crippen LogP contribution in [0.4, 0.5) is 5.69 Å². The highest BCUT2D eigenvalue weighted by Crippen LogP contribution is 2.28. The topological polar surface area (TPSA) is 63.3 Å². The van der Waals surface area contributed by atoms with Crippen molar-refractivity contribution in [2.24, 2.45) is 0 Å². The number of aryl methyl sites for hydroxylation is 1. The molecule has 4 heteroatoms. The van der Waals surface area contributed by atoms with E-state index >= 15 is 0 Å². The number of hydrogen-bond acceptors (Lipinski definition) is 2. The van der Waals surface area contributed by atoms with Crippen molar-refractivity contribution in [3.8, 4) is 0 Å². The van der Waals surface area contributed by atoms with Gasteiger partial charge in [-0.3, -0.25) is 0 Å². The van der Waals surface area contributed by atoms with Gasteiger partial charge in [0.15, 0.2) is 0 Å². The third-order valence-corrected chi connectivity index (χ3v) is 2.49. The van der Waals surface area contributed by atoms with Crippen LogP contribution in [-0.4, -0.2) is 11.1 Å². The first kappa shape index (κ1) is 9.86. The minimum Gasteiger partial charge on any atom is -0.478 e. The lowest BCUT2D eigenvalue weighted by atomic mass is 10.0. The molecule has 0 atom stereocenters. The Labute approximate surface area is 81.1 Å². The maximum atomic E-state index is 10.7. The molecule has 0 unspecified atom stereocenters. The van der Waals surface area contributed by atoms with Crippen LogP contribution < -0.4 is 5.73 Å². The molecular weight excluding hydrogens is 190 g/mol. The van der Waals surface area contributed by atoms with Gasteiger partial charge in [-0.2, -0.15) is 0 Å². The Balaban J connectivity index is 3.53. The highest BCUT2D eigenvalue weighted by Gasteiger charge is 2.15. The average molecular weight is 200 g/mol. The molecule has 3 nitrogen and oxygen atoms in total. The SMILES string of the molecule is Cc1cc(N)c(C(=O)O)c(Cl)c1C. The van der Waals surface area contributed by atoms with Gasteiger partial charge in [-0.15, -0.1) is 0 Å². The molecule has 0 fully saturated rings. The number of aromatic carboxylic acids is 1. The van der Waals surface area contributed by atoms with E-state index in [2.05, 4.69) is 0 Å². The zero-order chi connectivity index (χ0) is 10.2. The number of nitrogens with two attached hydrogens (primary N) is 1. The molecule has 0 saturated heterocycles. The molecule has 0 saturated carbocycles. The number of benzene rings is 1. The summed E-state index contributed by atoms with van der Waals surface area (Å²) in [6.45, 7) is 3.60. The van der Waals surface area contributed by atoms with Crippen molar-refractivity contribution in [1.82, 2.24) is 0 Å². The van der Waals surface area contributed by atoms with Gasteiger partial charge in [-0.1, -0.05) is 11.6 Å². The van der Waals surface area contributed by atoms with Crippen molar-refractivity contribution < 1.29 is 9.90 Å². The molecule has 3 N–H and O–H groups in total. The zero-order valence-corrected chi connectivity index (χ0v) is 8.14. The number of carbonyl (C=O) groups is 1. The summed E-state index contributed by atoms with van der Waals surface area (Å²) in [6, 6.07) is 1.62. The summed E-state index contributed by atoms with van der Waals surface area (Å²) in [5.74, 6) is -1.09. The lowest BCUT2D eigenvalue weighted by Crippen LogP contribution is -2.05. The highest BCUT2D eigenvalue weighted by atomic mass is 35.5. The largest absolute Gasteiger partial charge is 0.478 e. The van der Waals surface area contributed by atoms with E-state index in [-0.39, 0.29) is 16.3 Å². The molecule has 0 bridgehead atoms. The van der Waals surface area contributed by atoms with Crippen molar-refractivity contribution in [2.75, 3.05) is 5.73 Å². The summed E-state index contributed by atoms with van der Waals surface area (Å²) >= 11 is 5.84. The van der Waals surface area contributed by atoms with Gasteiger partial charge in [-0.25, -0.2) is 4.79 Å². The van der Waals surface area contributed by atoms with Crippen LogP contribution in [0.2, 0.25) is 5.02 Å². The first-order valence-electron chi connectivity index (χ1n) is 3.73. The number of halogens is 1. The summed E-state index contributed by atoms with van der Waals surface area (Å²) < 4.78 is 0. The molecule has 1 rings (SSSR count). The van der Waals surface area contributed by atoms with Gasteiger partial charge in [0.1, 0.15) is 5.56 Å². The standard InChI is InChI=1S/C9H10ClNO2/c1-4-3-6(11)7(9(12)13)8(10)5(4)2/h3H,11H2,1-2H3,(H,12,13). The average Bonchev–Trinajstić information content (AvgIpc) is 1.99. The van der Waals surface area contributed by atoms with E-state index in [0.29, 0.717) is 0 Å². The molecule has 0 aliphatic heterocycles. The van der Waals surface area contributed by atoms with Crippen molar-refractivity contribution in [2.45, 2.75) is 13.8 Å². The molecule has 0 amide bonds. The zero-order valence-electron chi connectivity index (χ0n) is 7.39. The predicted molar refractivity (Wildman–Crippen MR) is 52.3 cm³/mol. The molecule has 1 aromatic rings. The number of hydrogen-bond donors (Lipinski definition) is 2. The third kappa shape index (κ3) is 1.60. The predicted octanol–water partition coefficient (Wildman–Crippen LogP) is 2.24. The van der Waals surface area contributed by atoms with E-state index in [0.717, 1.165) is 11.1 Å². The second-order valence-corrected chi connectivity index (χ2v) is 3.28. The van der Waals surface area contributed by atoms with Crippen LogP contribution in [0.15, 0.2) is 6.07 Å². The Hall–Kier alpha value is -1.22. The number of rotatable bonds is 1. The number of nitrogen functional groups attached to an aromatic ring is 1. The second kappa shape index (κ2) is 3.26. The molecule has 0 heterocycles. The number of carboxylic acid groups (broad SMARTS) is 1. The van der Waals surface area contributed by atoms with E-state index in [1.807, 2.05) is 6.92 Å².